The van der Waals surface area contributed by atoms with E-state index in [0.717, 1.165) is 25.7 Å². The summed E-state index contributed by atoms with van der Waals surface area (Å²) < 4.78 is 37.8. The summed E-state index contributed by atoms with van der Waals surface area (Å²) in [7, 11) is -4.29. The van der Waals surface area contributed by atoms with Gasteiger partial charge in [-0.25, -0.2) is 4.79 Å². The van der Waals surface area contributed by atoms with Crippen molar-refractivity contribution in [2.75, 3.05) is 12.5 Å². The second-order valence-electron chi connectivity index (χ2n) is 3.91. The minimum atomic E-state index is -4.29. The van der Waals surface area contributed by atoms with Gasteiger partial charge in [0.15, 0.2) is 0 Å². The molecule has 1 rings (SSSR count). The van der Waals surface area contributed by atoms with Crippen molar-refractivity contribution >= 4 is 16.3 Å². The van der Waals surface area contributed by atoms with Gasteiger partial charge in [-0.3, -0.25) is 4.55 Å². The summed E-state index contributed by atoms with van der Waals surface area (Å²) >= 11 is 0. The Morgan fingerprint density at radius 3 is 2.38 bits per heavy atom. The molecule has 1 saturated carbocycles. The highest BCUT2D eigenvalue weighted by atomic mass is 32.2. The Hall–Kier alpha value is -0.820. The van der Waals surface area contributed by atoms with Crippen LogP contribution in [0.1, 0.15) is 32.1 Å². The fraction of sp³-hybridized carbons (Fsp3) is 0.889. The summed E-state index contributed by atoms with van der Waals surface area (Å²) in [6.45, 7) is 0.254. The second-order valence-corrected chi connectivity index (χ2v) is 5.31. The number of rotatable bonds is 4. The molecule has 1 fully saturated rings. The monoisotopic (exact) mass is 252 g/mol. The molecule has 0 spiro atoms. The van der Waals surface area contributed by atoms with Crippen LogP contribution in [-0.4, -0.2) is 31.7 Å². The van der Waals surface area contributed by atoms with E-state index < -0.39 is 22.2 Å². The molecule has 7 heteroatoms. The zero-order valence-corrected chi connectivity index (χ0v) is 9.74. The van der Waals surface area contributed by atoms with Gasteiger partial charge in [0.05, 0.1) is 6.61 Å². The topological polar surface area (TPSA) is 89.9 Å². The lowest BCUT2D eigenvalue weighted by molar-refractivity contribution is 0.0489. The number of carbonyl (C=O) groups excluding carboxylic acids is 1. The summed E-state index contributed by atoms with van der Waals surface area (Å²) in [6, 6.07) is 0. The molecule has 0 aromatic carbocycles. The van der Waals surface area contributed by atoms with E-state index in [1.807, 2.05) is 0 Å². The van der Waals surface area contributed by atoms with Crippen molar-refractivity contribution in [1.29, 1.82) is 0 Å². The van der Waals surface area contributed by atoms with Crippen molar-refractivity contribution in [2.45, 2.75) is 32.1 Å². The van der Waals surface area contributed by atoms with Gasteiger partial charge in [-0.05, 0) is 18.8 Å². The zero-order valence-electron chi connectivity index (χ0n) is 8.92. The summed E-state index contributed by atoms with van der Waals surface area (Å²) in [5.74, 6) is -0.719. The summed E-state index contributed by atoms with van der Waals surface area (Å²) in [5, 5.41) is 0. The minimum Gasteiger partial charge on any atom is -0.434 e. The first-order valence-corrected chi connectivity index (χ1v) is 6.83. The predicted octanol–water partition coefficient (Wildman–Crippen LogP) is 1.57. The third-order valence-corrected chi connectivity index (χ3v) is 2.90. The molecule has 0 amide bonds. The average Bonchev–Trinajstić information content (AvgIpc) is 2.24. The molecule has 1 N–H and O–H groups in total. The number of hydrogen-bond acceptors (Lipinski definition) is 5. The van der Waals surface area contributed by atoms with Gasteiger partial charge in [0.2, 0.25) is 5.94 Å². The molecule has 0 atom stereocenters. The van der Waals surface area contributed by atoms with Crippen LogP contribution in [0.4, 0.5) is 4.79 Å². The fourth-order valence-electron chi connectivity index (χ4n) is 1.70. The van der Waals surface area contributed by atoms with E-state index in [2.05, 4.69) is 4.74 Å². The largest absolute Gasteiger partial charge is 0.509 e. The lowest BCUT2D eigenvalue weighted by Crippen LogP contribution is -2.19. The number of carbonyl (C=O) groups is 1. The molecule has 1 aliphatic rings. The fourth-order valence-corrected chi connectivity index (χ4v) is 1.95. The molecule has 16 heavy (non-hydrogen) atoms. The van der Waals surface area contributed by atoms with E-state index in [1.54, 1.807) is 0 Å². The van der Waals surface area contributed by atoms with Crippen molar-refractivity contribution in [3.63, 3.8) is 0 Å². The Labute approximate surface area is 94.7 Å². The SMILES string of the molecule is O=C(OCC1CCCCC1)OCS(=O)(=O)O. The third-order valence-electron chi connectivity index (χ3n) is 2.49. The van der Waals surface area contributed by atoms with Crippen molar-refractivity contribution in [3.05, 3.63) is 0 Å². The maximum absolute atomic E-state index is 10.9. The number of ether oxygens (including phenoxy) is 2. The van der Waals surface area contributed by atoms with Crippen LogP contribution >= 0.6 is 0 Å². The van der Waals surface area contributed by atoms with Gasteiger partial charge in [-0.1, -0.05) is 19.3 Å². The molecule has 94 valence electrons. The van der Waals surface area contributed by atoms with Gasteiger partial charge in [-0.15, -0.1) is 0 Å². The van der Waals surface area contributed by atoms with E-state index in [-0.39, 0.29) is 6.61 Å². The predicted molar refractivity (Wildman–Crippen MR) is 55.4 cm³/mol. The molecule has 0 aromatic heterocycles. The normalized spacial score (nSPS) is 18.1. The molecular formula is C9H16O6S. The Bertz CT molecular complexity index is 317. The van der Waals surface area contributed by atoms with Crippen molar-refractivity contribution < 1.29 is 27.2 Å². The Morgan fingerprint density at radius 2 is 1.81 bits per heavy atom. The van der Waals surface area contributed by atoms with Crippen LogP contribution < -0.4 is 0 Å². The summed E-state index contributed by atoms with van der Waals surface area (Å²) in [6.07, 6.45) is 4.46. The maximum Gasteiger partial charge on any atom is 0.509 e. The van der Waals surface area contributed by atoms with Crippen molar-refractivity contribution in [1.82, 2.24) is 0 Å². The standard InChI is InChI=1S/C9H16O6S/c10-9(15-7-16(11,12)13)14-6-8-4-2-1-3-5-8/h8H,1-7H2,(H,11,12,13). The van der Waals surface area contributed by atoms with Crippen LogP contribution in [-0.2, 0) is 19.6 Å². The molecule has 0 radical (unpaired) electrons. The zero-order chi connectivity index (χ0) is 12.0. The first-order chi connectivity index (χ1) is 7.47. The van der Waals surface area contributed by atoms with Gasteiger partial charge >= 0.3 is 16.3 Å². The van der Waals surface area contributed by atoms with Gasteiger partial charge in [-0.2, -0.15) is 8.42 Å². The molecule has 0 bridgehead atoms. The second kappa shape index (κ2) is 6.05. The lowest BCUT2D eigenvalue weighted by Gasteiger charge is -2.20. The average molecular weight is 252 g/mol. The molecule has 6 nitrogen and oxygen atoms in total. The van der Waals surface area contributed by atoms with Crippen LogP contribution in [0.5, 0.6) is 0 Å². The minimum absolute atomic E-state index is 0.254. The van der Waals surface area contributed by atoms with Crippen LogP contribution in [0.25, 0.3) is 0 Å². The lowest BCUT2D eigenvalue weighted by atomic mass is 9.90. The highest BCUT2D eigenvalue weighted by Crippen LogP contribution is 2.23. The maximum atomic E-state index is 10.9. The highest BCUT2D eigenvalue weighted by Gasteiger charge is 2.17. The molecular weight excluding hydrogens is 236 g/mol. The smallest absolute Gasteiger partial charge is 0.434 e. The van der Waals surface area contributed by atoms with Gasteiger partial charge in [0, 0.05) is 0 Å². The Morgan fingerprint density at radius 1 is 1.19 bits per heavy atom. The van der Waals surface area contributed by atoms with Crippen LogP contribution in [0.15, 0.2) is 0 Å². The first kappa shape index (κ1) is 13.2. The third kappa shape index (κ3) is 5.92. The van der Waals surface area contributed by atoms with Gasteiger partial charge in [0.25, 0.3) is 0 Å². The van der Waals surface area contributed by atoms with Gasteiger partial charge < -0.3 is 9.47 Å². The summed E-state index contributed by atoms with van der Waals surface area (Å²) in [4.78, 5) is 10.9. The molecule has 0 saturated heterocycles. The molecule has 0 unspecified atom stereocenters. The first-order valence-electron chi connectivity index (χ1n) is 5.22. The van der Waals surface area contributed by atoms with Crippen LogP contribution in [0, 0.1) is 5.92 Å². The molecule has 1 aliphatic carbocycles. The van der Waals surface area contributed by atoms with Crippen molar-refractivity contribution in [2.24, 2.45) is 5.92 Å². The van der Waals surface area contributed by atoms with Crippen LogP contribution in [0.3, 0.4) is 0 Å². The summed E-state index contributed by atoms with van der Waals surface area (Å²) in [5.41, 5.74) is 0. The van der Waals surface area contributed by atoms with E-state index in [4.69, 9.17) is 9.29 Å². The van der Waals surface area contributed by atoms with Gasteiger partial charge in [0.1, 0.15) is 0 Å². The molecule has 0 heterocycles. The highest BCUT2D eigenvalue weighted by molar-refractivity contribution is 7.85. The number of hydrogen-bond donors (Lipinski definition) is 1. The quantitative estimate of drug-likeness (QED) is 0.603. The Balaban J connectivity index is 2.14. The van der Waals surface area contributed by atoms with E-state index in [9.17, 15) is 13.2 Å². The van der Waals surface area contributed by atoms with Crippen LogP contribution in [0.2, 0.25) is 0 Å². The van der Waals surface area contributed by atoms with E-state index in [1.165, 1.54) is 6.42 Å². The van der Waals surface area contributed by atoms with E-state index in [0.29, 0.717) is 5.92 Å². The Kier molecular flexibility index (Phi) is 5.01. The van der Waals surface area contributed by atoms with Crippen molar-refractivity contribution in [3.8, 4) is 0 Å². The molecule has 0 aromatic rings. The van der Waals surface area contributed by atoms with E-state index >= 15 is 0 Å². The molecule has 0 aliphatic heterocycles.